The van der Waals surface area contributed by atoms with E-state index in [0.29, 0.717) is 17.2 Å². The number of nitrogens with zero attached hydrogens (tertiary/aromatic N) is 1. The number of ether oxygens (including phenoxy) is 3. The quantitative estimate of drug-likeness (QED) is 0.106. The van der Waals surface area contributed by atoms with Gasteiger partial charge in [0.2, 0.25) is 0 Å². The van der Waals surface area contributed by atoms with Gasteiger partial charge in [0.25, 0.3) is 0 Å². The summed E-state index contributed by atoms with van der Waals surface area (Å²) in [6.07, 6.45) is 0.474. The van der Waals surface area contributed by atoms with Crippen molar-refractivity contribution < 1.29 is 38.8 Å². The number of aliphatic hydroxyl groups is 1. The molecule has 0 spiro atoms. The molecule has 0 saturated carbocycles. The molecule has 1 aliphatic rings. The maximum Gasteiger partial charge on any atom is 0.338 e. The predicted molar refractivity (Wildman–Crippen MR) is 183 cm³/mol. The highest BCUT2D eigenvalue weighted by Crippen LogP contribution is 2.43. The molecule has 0 unspecified atom stereocenters. The second-order valence-corrected chi connectivity index (χ2v) is 12.6. The van der Waals surface area contributed by atoms with Crippen LogP contribution in [0.5, 0.6) is 0 Å². The zero-order chi connectivity index (χ0) is 34.8. The molecule has 3 aromatic carbocycles. The molecule has 1 fully saturated rings. The van der Waals surface area contributed by atoms with Crippen LogP contribution in [0.1, 0.15) is 57.5 Å². The van der Waals surface area contributed by atoms with Gasteiger partial charge < -0.3 is 35.1 Å². The van der Waals surface area contributed by atoms with Crippen LogP contribution in [0.25, 0.3) is 0 Å². The molecule has 1 aliphatic heterocycles. The van der Waals surface area contributed by atoms with Crippen molar-refractivity contribution in [2.24, 2.45) is 5.92 Å². The minimum atomic E-state index is -1.04. The first-order chi connectivity index (χ1) is 23.7. The Balaban J connectivity index is 1.26. The molecule has 256 valence electrons. The number of carboxylic acid groups (broad SMARTS) is 1. The first kappa shape index (κ1) is 35.6. The van der Waals surface area contributed by atoms with Crippen LogP contribution in [0, 0.1) is 5.92 Å². The number of hydrogen-bond donors (Lipinski definition) is 4. The average molecular weight is 686 g/mol. The van der Waals surface area contributed by atoms with Crippen LogP contribution >= 0.6 is 11.8 Å². The first-order valence-electron chi connectivity index (χ1n) is 15.8. The summed E-state index contributed by atoms with van der Waals surface area (Å²) in [5.74, 6) is -1.23. The van der Waals surface area contributed by atoms with Crippen LogP contribution in [0.4, 0.5) is 4.79 Å². The number of nitrogens with one attached hydrogen (secondary N) is 2. The third-order valence-electron chi connectivity index (χ3n) is 8.29. The van der Waals surface area contributed by atoms with Crippen LogP contribution < -0.4 is 10.6 Å². The van der Waals surface area contributed by atoms with E-state index in [1.54, 1.807) is 12.3 Å². The number of esters is 1. The zero-order valence-corrected chi connectivity index (χ0v) is 28.0. The largest absolute Gasteiger partial charge is 0.478 e. The third-order valence-corrected chi connectivity index (χ3v) is 9.38. The molecule has 0 radical (unpaired) electrons. The van der Waals surface area contributed by atoms with Crippen molar-refractivity contribution in [2.75, 3.05) is 12.9 Å². The van der Waals surface area contributed by atoms with Gasteiger partial charge in [-0.15, -0.1) is 11.8 Å². The highest BCUT2D eigenvalue weighted by atomic mass is 32.2. The summed E-state index contributed by atoms with van der Waals surface area (Å²) in [4.78, 5) is 41.1. The van der Waals surface area contributed by atoms with Crippen LogP contribution in [-0.2, 0) is 38.6 Å². The summed E-state index contributed by atoms with van der Waals surface area (Å²) >= 11 is 1.32. The Hall–Kier alpha value is -4.75. The van der Waals surface area contributed by atoms with E-state index in [1.807, 2.05) is 85.8 Å². The first-order valence-corrected chi connectivity index (χ1v) is 16.8. The standard InChI is InChI=1S/C37H39N3O8S/c1-23-31(22-49-33-29(34(42)43)9-6-18-38-33)47-36(48-32(23)27-14-12-26(21-41)13-15-27)28-16-10-25(11-17-28)20-39-37(45)40-30(35(44)46-2)19-24-7-4-3-5-8-24/h3-18,23,30-32,36,41H,19-22H2,1-2H3,(H,42,43)(H2,39,40,45)/t23-,30-,31+,32+,36+/m0/s1. The van der Waals surface area contributed by atoms with E-state index in [0.717, 1.165) is 27.8 Å². The fraction of sp³-hybridized carbons (Fsp3) is 0.297. The van der Waals surface area contributed by atoms with Gasteiger partial charge in [-0.25, -0.2) is 19.4 Å². The van der Waals surface area contributed by atoms with Gasteiger partial charge in [-0.3, -0.25) is 0 Å². The number of carbonyl (C=O) groups is 3. The molecule has 12 heteroatoms. The number of rotatable bonds is 13. The second kappa shape index (κ2) is 17.1. The van der Waals surface area contributed by atoms with Gasteiger partial charge in [-0.05, 0) is 34.4 Å². The lowest BCUT2D eigenvalue weighted by atomic mass is 9.91. The topological polar surface area (TPSA) is 156 Å². The molecule has 2 heterocycles. The molecule has 0 bridgehead atoms. The van der Waals surface area contributed by atoms with Gasteiger partial charge in [0.1, 0.15) is 11.1 Å². The Labute approximate surface area is 289 Å². The smallest absolute Gasteiger partial charge is 0.338 e. The van der Waals surface area contributed by atoms with Gasteiger partial charge in [0, 0.05) is 36.4 Å². The summed E-state index contributed by atoms with van der Waals surface area (Å²) < 4.78 is 17.9. The van der Waals surface area contributed by atoms with Crippen LogP contribution in [0.3, 0.4) is 0 Å². The fourth-order valence-corrected chi connectivity index (χ4v) is 6.66. The van der Waals surface area contributed by atoms with Crippen molar-refractivity contribution in [2.45, 2.75) is 56.1 Å². The minimum Gasteiger partial charge on any atom is -0.478 e. The summed E-state index contributed by atoms with van der Waals surface area (Å²) in [5, 5.41) is 25.1. The number of methoxy groups -OCH3 is 1. The molecule has 49 heavy (non-hydrogen) atoms. The van der Waals surface area contributed by atoms with Crippen molar-refractivity contribution in [1.82, 2.24) is 15.6 Å². The lowest BCUT2D eigenvalue weighted by Gasteiger charge is -2.41. The van der Waals surface area contributed by atoms with Crippen LogP contribution in [-0.4, -0.2) is 58.2 Å². The molecule has 1 aromatic heterocycles. The molecular formula is C37H39N3O8S. The van der Waals surface area contributed by atoms with E-state index in [1.165, 1.54) is 24.9 Å². The number of benzene rings is 3. The lowest BCUT2D eigenvalue weighted by Crippen LogP contribution is -2.47. The number of pyridine rings is 1. The molecule has 5 rings (SSSR count). The highest BCUT2D eigenvalue weighted by molar-refractivity contribution is 7.99. The van der Waals surface area contributed by atoms with Crippen molar-refractivity contribution in [3.63, 3.8) is 0 Å². The number of aromatic carboxylic acids is 1. The number of carboxylic acids is 1. The van der Waals surface area contributed by atoms with Crippen molar-refractivity contribution in [3.8, 4) is 0 Å². The maximum absolute atomic E-state index is 12.7. The van der Waals surface area contributed by atoms with Crippen molar-refractivity contribution >= 4 is 29.7 Å². The van der Waals surface area contributed by atoms with E-state index in [2.05, 4.69) is 15.6 Å². The highest BCUT2D eigenvalue weighted by Gasteiger charge is 2.38. The monoisotopic (exact) mass is 685 g/mol. The van der Waals surface area contributed by atoms with E-state index in [9.17, 15) is 24.6 Å². The summed E-state index contributed by atoms with van der Waals surface area (Å²) in [7, 11) is 1.29. The van der Waals surface area contributed by atoms with Gasteiger partial charge >= 0.3 is 18.0 Å². The Morgan fingerprint density at radius 1 is 0.898 bits per heavy atom. The molecule has 4 N–H and O–H groups in total. The minimum absolute atomic E-state index is 0.0647. The summed E-state index contributed by atoms with van der Waals surface area (Å²) in [5.41, 5.74) is 4.34. The summed E-state index contributed by atoms with van der Waals surface area (Å²) in [6.45, 7) is 2.18. The summed E-state index contributed by atoms with van der Waals surface area (Å²) in [6, 6.07) is 26.2. The number of urea groups is 1. The molecule has 5 atom stereocenters. The number of aliphatic hydroxyl groups excluding tert-OH is 1. The Morgan fingerprint density at radius 3 is 2.27 bits per heavy atom. The second-order valence-electron chi connectivity index (χ2n) is 11.6. The Bertz CT molecular complexity index is 1710. The van der Waals surface area contributed by atoms with Crippen LogP contribution in [0.15, 0.2) is 102 Å². The lowest BCUT2D eigenvalue weighted by molar-refractivity contribution is -0.268. The molecule has 0 aliphatic carbocycles. The average Bonchev–Trinajstić information content (AvgIpc) is 3.13. The maximum atomic E-state index is 12.7. The van der Waals surface area contributed by atoms with Gasteiger partial charge in [-0.1, -0.05) is 85.8 Å². The third kappa shape index (κ3) is 9.45. The van der Waals surface area contributed by atoms with Gasteiger partial charge in [-0.2, -0.15) is 0 Å². The van der Waals surface area contributed by atoms with E-state index in [4.69, 9.17) is 14.2 Å². The molecule has 2 amide bonds. The normalized spacial score (nSPS) is 19.4. The Morgan fingerprint density at radius 2 is 1.59 bits per heavy atom. The predicted octanol–water partition coefficient (Wildman–Crippen LogP) is 5.44. The van der Waals surface area contributed by atoms with Crippen molar-refractivity contribution in [3.05, 3.63) is 131 Å². The van der Waals surface area contributed by atoms with Gasteiger partial charge in [0.05, 0.1) is 31.5 Å². The number of amides is 2. The number of aromatic nitrogens is 1. The van der Waals surface area contributed by atoms with Crippen molar-refractivity contribution in [1.29, 1.82) is 0 Å². The molecule has 4 aromatic rings. The number of thioether (sulfide) groups is 1. The fourth-order valence-electron chi connectivity index (χ4n) is 5.51. The Kier molecular flexibility index (Phi) is 12.4. The van der Waals surface area contributed by atoms with E-state index < -0.39 is 30.3 Å². The molecule has 11 nitrogen and oxygen atoms in total. The zero-order valence-electron chi connectivity index (χ0n) is 27.2. The molecular weight excluding hydrogens is 646 g/mol. The van der Waals surface area contributed by atoms with Crippen LogP contribution in [0.2, 0.25) is 0 Å². The van der Waals surface area contributed by atoms with E-state index in [-0.39, 0.29) is 36.8 Å². The van der Waals surface area contributed by atoms with E-state index >= 15 is 0 Å². The number of hydrogen-bond acceptors (Lipinski definition) is 9. The van der Waals surface area contributed by atoms with Gasteiger partial charge in [0.15, 0.2) is 6.29 Å². The molecule has 1 saturated heterocycles. The SMILES string of the molecule is COC(=O)[C@H](Cc1ccccc1)NC(=O)NCc1ccc([C@@H]2O[C@H](CSc3ncccc3C(=O)O)[C@H](C)[C@H](c3ccc(CO)cc3)O2)cc1. The number of carbonyl (C=O) groups excluding carboxylic acids is 2.